The second-order valence-electron chi connectivity index (χ2n) is 6.60. The lowest BCUT2D eigenvalue weighted by atomic mass is 9.99. The van der Waals surface area contributed by atoms with E-state index in [1.807, 2.05) is 12.1 Å². The number of anilines is 1. The van der Waals surface area contributed by atoms with Gasteiger partial charge in [-0.2, -0.15) is 0 Å². The zero-order valence-corrected chi connectivity index (χ0v) is 13.1. The van der Waals surface area contributed by atoms with E-state index < -0.39 is 5.97 Å². The highest BCUT2D eigenvalue weighted by Crippen LogP contribution is 2.57. The number of rotatable bonds is 4. The Balaban J connectivity index is 1.71. The lowest BCUT2D eigenvalue weighted by Crippen LogP contribution is -2.22. The first kappa shape index (κ1) is 14.3. The van der Waals surface area contributed by atoms with Crippen molar-refractivity contribution in [1.82, 2.24) is 0 Å². The molecule has 4 rings (SSSR count). The van der Waals surface area contributed by atoms with Gasteiger partial charge in [0.2, 0.25) is 0 Å². The molecule has 2 fully saturated rings. The molecule has 2 aromatic carbocycles. The van der Waals surface area contributed by atoms with Crippen LogP contribution in [0.3, 0.4) is 0 Å². The molecule has 2 atom stereocenters. The molecule has 0 spiro atoms. The summed E-state index contributed by atoms with van der Waals surface area (Å²) in [6, 6.07) is 16.4. The molecule has 0 amide bonds. The molecule has 23 heavy (non-hydrogen) atoms. The Bertz CT molecular complexity index is 720. The number of carboxylic acids is 1. The number of hydrogen-bond acceptors (Lipinski definition) is 2. The second-order valence-corrected chi connectivity index (χ2v) is 6.60. The minimum Gasteiger partial charge on any atom is -0.478 e. The highest BCUT2D eigenvalue weighted by molar-refractivity contribution is 5.95. The number of hydrogen-bond donors (Lipinski definition) is 1. The van der Waals surface area contributed by atoms with E-state index in [0.29, 0.717) is 17.4 Å². The van der Waals surface area contributed by atoms with E-state index in [1.54, 1.807) is 6.07 Å². The Hall–Kier alpha value is -2.29. The van der Waals surface area contributed by atoms with Gasteiger partial charge in [0.05, 0.1) is 11.3 Å². The average Bonchev–Trinajstić information content (AvgIpc) is 3.20. The van der Waals surface area contributed by atoms with Crippen molar-refractivity contribution in [2.45, 2.75) is 31.1 Å². The smallest absolute Gasteiger partial charge is 0.337 e. The molecular formula is C20H21NO2. The van der Waals surface area contributed by atoms with Crippen LogP contribution in [-0.4, -0.2) is 24.2 Å². The van der Waals surface area contributed by atoms with Crippen LogP contribution in [0.15, 0.2) is 48.5 Å². The topological polar surface area (TPSA) is 40.5 Å². The largest absolute Gasteiger partial charge is 0.478 e. The third-order valence-electron chi connectivity index (χ3n) is 5.14. The van der Waals surface area contributed by atoms with Crippen molar-refractivity contribution in [3.05, 3.63) is 65.2 Å². The third-order valence-corrected chi connectivity index (χ3v) is 5.14. The van der Waals surface area contributed by atoms with Crippen LogP contribution in [0.2, 0.25) is 0 Å². The van der Waals surface area contributed by atoms with Gasteiger partial charge in [-0.05, 0) is 48.3 Å². The Kier molecular flexibility index (Phi) is 3.56. The fraction of sp³-hybridized carbons (Fsp3) is 0.350. The summed E-state index contributed by atoms with van der Waals surface area (Å²) in [7, 11) is 0. The molecule has 1 saturated heterocycles. The summed E-state index contributed by atoms with van der Waals surface area (Å²) in [6.45, 7) is 1.94. The Morgan fingerprint density at radius 1 is 0.957 bits per heavy atom. The Morgan fingerprint density at radius 2 is 1.70 bits per heavy atom. The van der Waals surface area contributed by atoms with Crippen molar-refractivity contribution in [2.75, 3.05) is 18.0 Å². The van der Waals surface area contributed by atoms with Crippen molar-refractivity contribution >= 4 is 11.7 Å². The fourth-order valence-corrected chi connectivity index (χ4v) is 3.93. The van der Waals surface area contributed by atoms with Crippen molar-refractivity contribution < 1.29 is 9.90 Å². The van der Waals surface area contributed by atoms with Crippen LogP contribution in [-0.2, 0) is 0 Å². The van der Waals surface area contributed by atoms with Crippen LogP contribution in [0.25, 0.3) is 0 Å². The summed E-state index contributed by atoms with van der Waals surface area (Å²) in [5.41, 5.74) is 4.02. The lowest BCUT2D eigenvalue weighted by molar-refractivity contribution is 0.0697. The number of aromatic carboxylic acids is 1. The summed E-state index contributed by atoms with van der Waals surface area (Å²) in [5.74, 6) is 0.166. The molecular weight excluding hydrogens is 286 g/mol. The summed E-state index contributed by atoms with van der Waals surface area (Å²) in [5, 5.41) is 9.61. The third kappa shape index (κ3) is 2.61. The zero-order valence-electron chi connectivity index (χ0n) is 13.1. The molecule has 2 unspecified atom stereocenters. The number of carbonyl (C=O) groups is 1. The van der Waals surface area contributed by atoms with Gasteiger partial charge < -0.3 is 10.0 Å². The first-order chi connectivity index (χ1) is 11.3. The van der Waals surface area contributed by atoms with E-state index in [-0.39, 0.29) is 0 Å². The van der Waals surface area contributed by atoms with Crippen LogP contribution in [0, 0.1) is 0 Å². The van der Waals surface area contributed by atoms with Crippen LogP contribution in [0.5, 0.6) is 0 Å². The SMILES string of the molecule is O=C(O)c1cccc(C2CC2c2ccccc2)c1N1CCCC1. The summed E-state index contributed by atoms with van der Waals surface area (Å²) in [6.07, 6.45) is 3.42. The maximum Gasteiger partial charge on any atom is 0.337 e. The molecule has 1 heterocycles. The monoisotopic (exact) mass is 307 g/mol. The Labute approximate surface area is 136 Å². The van der Waals surface area contributed by atoms with Gasteiger partial charge in [-0.15, -0.1) is 0 Å². The number of nitrogens with zero attached hydrogens (tertiary/aromatic N) is 1. The molecule has 118 valence electrons. The first-order valence-electron chi connectivity index (χ1n) is 8.42. The van der Waals surface area contributed by atoms with E-state index in [2.05, 4.69) is 35.2 Å². The van der Waals surface area contributed by atoms with Crippen LogP contribution in [0.4, 0.5) is 5.69 Å². The zero-order chi connectivity index (χ0) is 15.8. The second kappa shape index (κ2) is 5.73. The number of para-hydroxylation sites is 1. The molecule has 1 N–H and O–H groups in total. The van der Waals surface area contributed by atoms with E-state index in [4.69, 9.17) is 0 Å². The number of carboxylic acid groups (broad SMARTS) is 1. The van der Waals surface area contributed by atoms with E-state index >= 15 is 0 Å². The lowest BCUT2D eigenvalue weighted by Gasteiger charge is -2.24. The van der Waals surface area contributed by atoms with Gasteiger partial charge >= 0.3 is 5.97 Å². The van der Waals surface area contributed by atoms with Crippen LogP contribution < -0.4 is 4.90 Å². The quantitative estimate of drug-likeness (QED) is 0.917. The summed E-state index contributed by atoms with van der Waals surface area (Å²) in [4.78, 5) is 14.0. The average molecular weight is 307 g/mol. The summed E-state index contributed by atoms with van der Waals surface area (Å²) >= 11 is 0. The predicted octanol–water partition coefficient (Wildman–Crippen LogP) is 4.26. The standard InChI is InChI=1S/C20H21NO2/c22-20(23)16-10-6-9-15(19(16)21-11-4-5-12-21)18-13-17(18)14-7-2-1-3-8-14/h1-3,6-10,17-18H,4-5,11-13H2,(H,22,23). The molecule has 1 aliphatic heterocycles. The van der Waals surface area contributed by atoms with Crippen LogP contribution >= 0.6 is 0 Å². The van der Waals surface area contributed by atoms with Crippen molar-refractivity contribution in [1.29, 1.82) is 0 Å². The molecule has 0 radical (unpaired) electrons. The van der Waals surface area contributed by atoms with Crippen molar-refractivity contribution in [3.8, 4) is 0 Å². The minimum atomic E-state index is -0.814. The van der Waals surface area contributed by atoms with Gasteiger partial charge in [-0.1, -0.05) is 42.5 Å². The summed E-state index contributed by atoms with van der Waals surface area (Å²) < 4.78 is 0. The maximum absolute atomic E-state index is 11.7. The molecule has 3 nitrogen and oxygen atoms in total. The van der Waals surface area contributed by atoms with E-state index in [0.717, 1.165) is 38.0 Å². The van der Waals surface area contributed by atoms with E-state index in [1.165, 1.54) is 11.1 Å². The van der Waals surface area contributed by atoms with Crippen molar-refractivity contribution in [2.24, 2.45) is 0 Å². The van der Waals surface area contributed by atoms with Gasteiger partial charge in [0.1, 0.15) is 0 Å². The Morgan fingerprint density at radius 3 is 2.39 bits per heavy atom. The highest BCUT2D eigenvalue weighted by atomic mass is 16.4. The molecule has 0 aromatic heterocycles. The molecule has 1 saturated carbocycles. The van der Waals surface area contributed by atoms with Gasteiger partial charge in [-0.25, -0.2) is 4.79 Å². The van der Waals surface area contributed by atoms with Gasteiger partial charge in [0.25, 0.3) is 0 Å². The highest BCUT2D eigenvalue weighted by Gasteiger charge is 2.42. The van der Waals surface area contributed by atoms with Gasteiger partial charge in [0.15, 0.2) is 0 Å². The molecule has 2 aliphatic rings. The maximum atomic E-state index is 11.7. The molecule has 2 aromatic rings. The molecule has 0 bridgehead atoms. The normalized spacial score (nSPS) is 23.0. The van der Waals surface area contributed by atoms with Crippen LogP contribution in [0.1, 0.15) is 52.6 Å². The molecule has 1 aliphatic carbocycles. The first-order valence-corrected chi connectivity index (χ1v) is 8.42. The number of benzene rings is 2. The van der Waals surface area contributed by atoms with Gasteiger partial charge in [0, 0.05) is 13.1 Å². The molecule has 3 heteroatoms. The minimum absolute atomic E-state index is 0.451. The fourth-order valence-electron chi connectivity index (χ4n) is 3.93. The van der Waals surface area contributed by atoms with Gasteiger partial charge in [-0.3, -0.25) is 0 Å². The van der Waals surface area contributed by atoms with Crippen molar-refractivity contribution in [3.63, 3.8) is 0 Å². The predicted molar refractivity (Wildman–Crippen MR) is 91.4 cm³/mol. The van der Waals surface area contributed by atoms with E-state index in [9.17, 15) is 9.90 Å².